The quantitative estimate of drug-likeness (QED) is 0.581. The third kappa shape index (κ3) is 4.37. The number of likely N-dealkylation sites (tertiary alicyclic amines) is 1. The molecule has 0 spiro atoms. The highest BCUT2D eigenvalue weighted by molar-refractivity contribution is 6.30. The van der Waals surface area contributed by atoms with Gasteiger partial charge in [-0.05, 0) is 50.1 Å². The van der Waals surface area contributed by atoms with Crippen molar-refractivity contribution in [1.82, 2.24) is 4.90 Å². The molecule has 140 valence electrons. The van der Waals surface area contributed by atoms with Crippen LogP contribution in [0.5, 0.6) is 0 Å². The first-order chi connectivity index (χ1) is 13.0. The average molecular weight is 386 g/mol. The second kappa shape index (κ2) is 8.35. The zero-order chi connectivity index (χ0) is 19.4. The zero-order valence-electron chi connectivity index (χ0n) is 15.0. The summed E-state index contributed by atoms with van der Waals surface area (Å²) in [5.74, 6) is -1.20. The first-order valence-electron chi connectivity index (χ1n) is 8.86. The van der Waals surface area contributed by atoms with Crippen LogP contribution in [0.25, 0.3) is 0 Å². The Balaban J connectivity index is 1.78. The van der Waals surface area contributed by atoms with Crippen molar-refractivity contribution in [1.29, 1.82) is 0 Å². The SMILES string of the molecule is CC(OC(=O)c1ccccc1C(=O)c1ccc(Cl)cc1)C(=O)N1CCCC1. The van der Waals surface area contributed by atoms with Crippen LogP contribution in [0.3, 0.4) is 0 Å². The molecule has 0 aliphatic carbocycles. The van der Waals surface area contributed by atoms with Gasteiger partial charge in [0.1, 0.15) is 0 Å². The van der Waals surface area contributed by atoms with Crippen molar-refractivity contribution < 1.29 is 19.1 Å². The van der Waals surface area contributed by atoms with E-state index in [1.54, 1.807) is 54.3 Å². The number of ether oxygens (including phenoxy) is 1. The predicted molar refractivity (Wildman–Crippen MR) is 102 cm³/mol. The van der Waals surface area contributed by atoms with E-state index in [1.807, 2.05) is 0 Å². The summed E-state index contributed by atoms with van der Waals surface area (Å²) in [5.41, 5.74) is 0.782. The molecule has 5 nitrogen and oxygen atoms in total. The third-order valence-corrected chi connectivity index (χ3v) is 4.80. The van der Waals surface area contributed by atoms with Crippen molar-refractivity contribution in [3.8, 4) is 0 Å². The fraction of sp³-hybridized carbons (Fsp3) is 0.286. The topological polar surface area (TPSA) is 63.7 Å². The predicted octanol–water partition coefficient (Wildman–Crippen LogP) is 3.74. The molecule has 1 aliphatic rings. The third-order valence-electron chi connectivity index (χ3n) is 4.55. The van der Waals surface area contributed by atoms with Crippen LogP contribution in [0.1, 0.15) is 46.0 Å². The van der Waals surface area contributed by atoms with Crippen LogP contribution < -0.4 is 0 Å². The van der Waals surface area contributed by atoms with E-state index in [2.05, 4.69) is 0 Å². The molecule has 3 rings (SSSR count). The minimum absolute atomic E-state index is 0.138. The molecule has 2 aromatic rings. The van der Waals surface area contributed by atoms with Crippen LogP contribution in [0.2, 0.25) is 5.02 Å². The Kier molecular flexibility index (Phi) is 5.91. The monoisotopic (exact) mass is 385 g/mol. The molecule has 27 heavy (non-hydrogen) atoms. The summed E-state index contributed by atoms with van der Waals surface area (Å²) >= 11 is 5.86. The maximum absolute atomic E-state index is 12.8. The van der Waals surface area contributed by atoms with Crippen molar-refractivity contribution in [2.75, 3.05) is 13.1 Å². The number of hydrogen-bond acceptors (Lipinski definition) is 4. The number of amides is 1. The number of esters is 1. The molecule has 1 atom stereocenters. The van der Waals surface area contributed by atoms with E-state index < -0.39 is 12.1 Å². The summed E-state index contributed by atoms with van der Waals surface area (Å²) < 4.78 is 5.35. The highest BCUT2D eigenvalue weighted by Crippen LogP contribution is 2.19. The van der Waals surface area contributed by atoms with Crippen molar-refractivity contribution >= 4 is 29.3 Å². The van der Waals surface area contributed by atoms with Gasteiger partial charge in [0.05, 0.1) is 5.56 Å². The Morgan fingerprint density at radius 3 is 2.19 bits per heavy atom. The van der Waals surface area contributed by atoms with Crippen LogP contribution in [-0.2, 0) is 9.53 Å². The molecule has 1 saturated heterocycles. The molecule has 0 aromatic heterocycles. The molecule has 0 saturated carbocycles. The molecule has 1 fully saturated rings. The number of halogens is 1. The highest BCUT2D eigenvalue weighted by atomic mass is 35.5. The molecule has 1 unspecified atom stereocenters. The van der Waals surface area contributed by atoms with Crippen molar-refractivity contribution in [3.63, 3.8) is 0 Å². The van der Waals surface area contributed by atoms with E-state index in [0.29, 0.717) is 23.7 Å². The summed E-state index contributed by atoms with van der Waals surface area (Å²) in [4.78, 5) is 39.5. The lowest BCUT2D eigenvalue weighted by molar-refractivity contribution is -0.138. The van der Waals surface area contributed by atoms with Gasteiger partial charge in [0.15, 0.2) is 11.9 Å². The first-order valence-corrected chi connectivity index (χ1v) is 9.24. The molecule has 1 heterocycles. The number of benzene rings is 2. The van der Waals surface area contributed by atoms with Crippen molar-refractivity contribution in [2.24, 2.45) is 0 Å². The summed E-state index contributed by atoms with van der Waals surface area (Å²) in [6, 6.07) is 12.9. The molecule has 1 amide bonds. The van der Waals surface area contributed by atoms with Gasteiger partial charge in [-0.3, -0.25) is 9.59 Å². The normalized spacial score (nSPS) is 14.7. The molecule has 0 N–H and O–H groups in total. The van der Waals surface area contributed by atoms with Crippen LogP contribution in [0, 0.1) is 0 Å². The number of ketones is 1. The minimum Gasteiger partial charge on any atom is -0.449 e. The maximum atomic E-state index is 12.8. The maximum Gasteiger partial charge on any atom is 0.339 e. The second-order valence-corrected chi connectivity index (χ2v) is 6.90. The van der Waals surface area contributed by atoms with Gasteiger partial charge in [-0.2, -0.15) is 0 Å². The highest BCUT2D eigenvalue weighted by Gasteiger charge is 2.27. The summed E-state index contributed by atoms with van der Waals surface area (Å²) in [6.45, 7) is 2.93. The molecule has 1 aliphatic heterocycles. The fourth-order valence-electron chi connectivity index (χ4n) is 3.08. The molecular weight excluding hydrogens is 366 g/mol. The molecule has 0 radical (unpaired) electrons. The van der Waals surface area contributed by atoms with Gasteiger partial charge >= 0.3 is 5.97 Å². The van der Waals surface area contributed by atoms with Crippen LogP contribution >= 0.6 is 11.6 Å². The summed E-state index contributed by atoms with van der Waals surface area (Å²) in [7, 11) is 0. The lowest BCUT2D eigenvalue weighted by Gasteiger charge is -2.20. The van der Waals surface area contributed by atoms with Crippen molar-refractivity contribution in [2.45, 2.75) is 25.9 Å². The number of rotatable bonds is 5. The molecular formula is C21H20ClNO4. The minimum atomic E-state index is -0.894. The van der Waals surface area contributed by atoms with E-state index in [1.165, 1.54) is 6.07 Å². The lowest BCUT2D eigenvalue weighted by atomic mass is 9.98. The average Bonchev–Trinajstić information content (AvgIpc) is 3.22. The zero-order valence-corrected chi connectivity index (χ0v) is 15.7. The van der Waals surface area contributed by atoms with Gasteiger partial charge in [0.25, 0.3) is 5.91 Å². The molecule has 6 heteroatoms. The van der Waals surface area contributed by atoms with Gasteiger partial charge in [-0.1, -0.05) is 29.8 Å². The Morgan fingerprint density at radius 1 is 0.963 bits per heavy atom. The second-order valence-electron chi connectivity index (χ2n) is 6.46. The van der Waals surface area contributed by atoms with Gasteiger partial charge in [0.2, 0.25) is 0 Å². The van der Waals surface area contributed by atoms with Crippen LogP contribution in [0.15, 0.2) is 48.5 Å². The standard InChI is InChI=1S/C21H20ClNO4/c1-14(20(25)23-12-4-5-13-23)27-21(26)18-7-3-2-6-17(18)19(24)15-8-10-16(22)11-9-15/h2-3,6-11,14H,4-5,12-13H2,1H3. The Hall–Kier alpha value is -2.66. The van der Waals surface area contributed by atoms with Gasteiger partial charge in [0, 0.05) is 29.2 Å². The number of nitrogens with zero attached hydrogens (tertiary/aromatic N) is 1. The summed E-state index contributed by atoms with van der Waals surface area (Å²) in [5, 5.41) is 0.522. The Morgan fingerprint density at radius 2 is 1.56 bits per heavy atom. The Bertz CT molecular complexity index is 857. The van der Waals surface area contributed by atoms with Gasteiger partial charge in [-0.15, -0.1) is 0 Å². The summed E-state index contributed by atoms with van der Waals surface area (Å²) in [6.07, 6.45) is 1.03. The number of hydrogen-bond donors (Lipinski definition) is 0. The lowest BCUT2D eigenvalue weighted by Crippen LogP contribution is -2.38. The van der Waals surface area contributed by atoms with Gasteiger partial charge in [-0.25, -0.2) is 4.79 Å². The van der Waals surface area contributed by atoms with Crippen LogP contribution in [-0.4, -0.2) is 41.8 Å². The fourth-order valence-corrected chi connectivity index (χ4v) is 3.21. The van der Waals surface area contributed by atoms with E-state index in [9.17, 15) is 14.4 Å². The smallest absolute Gasteiger partial charge is 0.339 e. The van der Waals surface area contributed by atoms with Crippen molar-refractivity contribution in [3.05, 3.63) is 70.2 Å². The molecule has 2 aromatic carbocycles. The van der Waals surface area contributed by atoms with Gasteiger partial charge < -0.3 is 9.64 Å². The first kappa shape index (κ1) is 19.1. The largest absolute Gasteiger partial charge is 0.449 e. The number of carbonyl (C=O) groups is 3. The Labute approximate surface area is 162 Å². The van der Waals surface area contributed by atoms with E-state index in [-0.39, 0.29) is 22.8 Å². The van der Waals surface area contributed by atoms with Crippen LogP contribution in [0.4, 0.5) is 0 Å². The molecule has 0 bridgehead atoms. The van der Waals surface area contributed by atoms with E-state index >= 15 is 0 Å². The van der Waals surface area contributed by atoms with E-state index in [0.717, 1.165) is 12.8 Å². The number of carbonyl (C=O) groups excluding carboxylic acids is 3. The van der Waals surface area contributed by atoms with E-state index in [4.69, 9.17) is 16.3 Å².